The third-order valence-electron chi connectivity index (χ3n) is 4.66. The Kier molecular flexibility index (Phi) is 8.14. The van der Waals surface area contributed by atoms with E-state index >= 15 is 0 Å². The summed E-state index contributed by atoms with van der Waals surface area (Å²) in [5, 5.41) is 13.6. The summed E-state index contributed by atoms with van der Waals surface area (Å²) in [5.41, 5.74) is 1.99. The zero-order valence-electron chi connectivity index (χ0n) is 17.1. The molecular weight excluding hydrogens is 434 g/mol. The number of rotatable bonds is 10. The molecule has 0 spiro atoms. The van der Waals surface area contributed by atoms with Gasteiger partial charge in [-0.1, -0.05) is 78.8 Å². The number of carbonyl (C=O) groups excluding carboxylic acids is 1. The van der Waals surface area contributed by atoms with E-state index in [-0.39, 0.29) is 6.42 Å². The molecule has 31 heavy (non-hydrogen) atoms. The van der Waals surface area contributed by atoms with Gasteiger partial charge in [0.25, 0.3) is 5.91 Å². The lowest BCUT2D eigenvalue weighted by molar-refractivity contribution is -0.139. The number of imidazole rings is 1. The van der Waals surface area contributed by atoms with Crippen LogP contribution in [0.1, 0.15) is 35.0 Å². The first-order valence-corrected chi connectivity index (χ1v) is 11.3. The molecular formula is C23H24ClN3O3S. The Hall–Kier alpha value is -2.77. The van der Waals surface area contributed by atoms with Crippen LogP contribution >= 0.6 is 23.4 Å². The minimum atomic E-state index is -1.09. The van der Waals surface area contributed by atoms with Gasteiger partial charge in [-0.2, -0.15) is 0 Å². The normalized spacial score (nSPS) is 11.8. The number of halogens is 1. The number of carboxylic acid groups (broad SMARTS) is 1. The van der Waals surface area contributed by atoms with Gasteiger partial charge < -0.3 is 15.0 Å². The van der Waals surface area contributed by atoms with Crippen LogP contribution in [0.15, 0.2) is 66.0 Å². The number of benzene rings is 2. The van der Waals surface area contributed by atoms with Crippen molar-refractivity contribution in [3.63, 3.8) is 0 Å². The Morgan fingerprint density at radius 1 is 1.16 bits per heavy atom. The Morgan fingerprint density at radius 2 is 1.87 bits per heavy atom. The predicted molar refractivity (Wildman–Crippen MR) is 123 cm³/mol. The van der Waals surface area contributed by atoms with Crippen LogP contribution in [0.3, 0.4) is 0 Å². The van der Waals surface area contributed by atoms with E-state index in [9.17, 15) is 14.7 Å². The van der Waals surface area contributed by atoms with Crippen molar-refractivity contribution in [1.29, 1.82) is 0 Å². The summed E-state index contributed by atoms with van der Waals surface area (Å²) in [6, 6.07) is 15.6. The molecule has 1 aromatic heterocycles. The van der Waals surface area contributed by atoms with Gasteiger partial charge in [0, 0.05) is 17.2 Å². The molecule has 3 rings (SSSR count). The number of carbonyl (C=O) groups is 2. The number of aliphatic carboxylic acids is 1. The van der Waals surface area contributed by atoms with Crippen LogP contribution in [0.4, 0.5) is 0 Å². The minimum Gasteiger partial charge on any atom is -0.480 e. The Morgan fingerprint density at radius 3 is 2.55 bits per heavy atom. The topological polar surface area (TPSA) is 84.2 Å². The monoisotopic (exact) mass is 457 g/mol. The largest absolute Gasteiger partial charge is 0.480 e. The number of thioether (sulfide) groups is 1. The van der Waals surface area contributed by atoms with E-state index in [1.165, 1.54) is 6.20 Å². The average molecular weight is 458 g/mol. The highest BCUT2D eigenvalue weighted by atomic mass is 35.5. The van der Waals surface area contributed by atoms with Crippen LogP contribution in [0.25, 0.3) is 0 Å². The van der Waals surface area contributed by atoms with Crippen LogP contribution in [0, 0.1) is 0 Å². The van der Waals surface area contributed by atoms with Crippen molar-refractivity contribution in [2.24, 2.45) is 0 Å². The molecule has 0 bridgehead atoms. The fourth-order valence-corrected chi connectivity index (χ4v) is 4.11. The van der Waals surface area contributed by atoms with E-state index in [1.54, 1.807) is 22.4 Å². The molecule has 0 saturated heterocycles. The van der Waals surface area contributed by atoms with Crippen molar-refractivity contribution < 1.29 is 14.7 Å². The molecule has 0 radical (unpaired) electrons. The molecule has 0 aliphatic rings. The van der Waals surface area contributed by atoms with Crippen LogP contribution in [0.5, 0.6) is 0 Å². The second-order valence-corrected chi connectivity index (χ2v) is 8.48. The van der Waals surface area contributed by atoms with Crippen LogP contribution in [0.2, 0.25) is 5.02 Å². The van der Waals surface area contributed by atoms with Crippen LogP contribution < -0.4 is 5.32 Å². The molecule has 2 aromatic carbocycles. The first-order chi connectivity index (χ1) is 15.0. The highest BCUT2D eigenvalue weighted by Gasteiger charge is 2.24. The van der Waals surface area contributed by atoms with Gasteiger partial charge >= 0.3 is 5.97 Å². The van der Waals surface area contributed by atoms with Gasteiger partial charge in [-0.15, -0.1) is 0 Å². The Labute approximate surface area is 190 Å². The van der Waals surface area contributed by atoms with Gasteiger partial charge in [0.2, 0.25) is 0 Å². The fraction of sp³-hybridized carbons (Fsp3) is 0.261. The zero-order chi connectivity index (χ0) is 22.2. The van der Waals surface area contributed by atoms with E-state index in [0.717, 1.165) is 23.3 Å². The Bertz CT molecular complexity index is 1040. The molecule has 1 heterocycles. The first-order valence-electron chi connectivity index (χ1n) is 9.99. The summed E-state index contributed by atoms with van der Waals surface area (Å²) in [5.74, 6) is -0.715. The number of amides is 1. The highest BCUT2D eigenvalue weighted by molar-refractivity contribution is 7.99. The van der Waals surface area contributed by atoms with Gasteiger partial charge in [-0.05, 0) is 23.6 Å². The lowest BCUT2D eigenvalue weighted by Crippen LogP contribution is -2.43. The van der Waals surface area contributed by atoms with Gasteiger partial charge in [0.1, 0.15) is 11.7 Å². The van der Waals surface area contributed by atoms with E-state index < -0.39 is 17.9 Å². The second-order valence-electron chi connectivity index (χ2n) is 7.01. The molecule has 0 saturated carbocycles. The van der Waals surface area contributed by atoms with Crippen molar-refractivity contribution >= 4 is 35.2 Å². The minimum absolute atomic E-state index is 0.192. The van der Waals surface area contributed by atoms with Crippen molar-refractivity contribution in [2.75, 3.05) is 5.75 Å². The van der Waals surface area contributed by atoms with Gasteiger partial charge in [0.05, 0.1) is 12.7 Å². The smallest absolute Gasteiger partial charge is 0.326 e. The standard InChI is InChI=1S/C23H24ClN3O3S/c1-2-12-31-23-25-14-20(27(23)15-17-10-6-7-11-18(17)24)21(28)26-19(22(29)30)13-16-8-4-3-5-9-16/h3-11,14,19H,2,12-13,15H2,1H3,(H,26,28)(H,29,30)/t19-/m1/s1. The maximum Gasteiger partial charge on any atom is 0.326 e. The molecule has 2 N–H and O–H groups in total. The number of aromatic nitrogens is 2. The maximum absolute atomic E-state index is 13.1. The first kappa shape index (κ1) is 22.9. The van der Waals surface area contributed by atoms with Gasteiger partial charge in [-0.25, -0.2) is 9.78 Å². The summed E-state index contributed by atoms with van der Waals surface area (Å²) >= 11 is 7.88. The third kappa shape index (κ3) is 6.12. The molecule has 1 amide bonds. The molecule has 3 aromatic rings. The summed E-state index contributed by atoms with van der Waals surface area (Å²) < 4.78 is 1.79. The molecule has 8 heteroatoms. The lowest BCUT2D eigenvalue weighted by Gasteiger charge is -2.17. The van der Waals surface area contributed by atoms with E-state index in [2.05, 4.69) is 17.2 Å². The van der Waals surface area contributed by atoms with Crippen LogP contribution in [-0.2, 0) is 17.8 Å². The summed E-state index contributed by atoms with van der Waals surface area (Å²) in [6.45, 7) is 2.44. The van der Waals surface area contributed by atoms with E-state index in [1.807, 2.05) is 48.5 Å². The molecule has 0 aliphatic heterocycles. The van der Waals surface area contributed by atoms with Gasteiger partial charge in [-0.3, -0.25) is 4.79 Å². The molecule has 0 aliphatic carbocycles. The van der Waals surface area contributed by atoms with Crippen molar-refractivity contribution in [2.45, 2.75) is 37.5 Å². The number of hydrogen-bond acceptors (Lipinski definition) is 4. The Balaban J connectivity index is 1.85. The highest BCUT2D eigenvalue weighted by Crippen LogP contribution is 2.24. The quantitative estimate of drug-likeness (QED) is 0.437. The number of hydrogen-bond donors (Lipinski definition) is 2. The number of nitrogens with one attached hydrogen (secondary N) is 1. The predicted octanol–water partition coefficient (Wildman–Crippen LogP) is 4.51. The van der Waals surface area contributed by atoms with E-state index in [0.29, 0.717) is 22.4 Å². The molecule has 6 nitrogen and oxygen atoms in total. The third-order valence-corrected chi connectivity index (χ3v) is 6.22. The fourth-order valence-electron chi connectivity index (χ4n) is 3.08. The van der Waals surface area contributed by atoms with Crippen molar-refractivity contribution in [3.05, 3.63) is 82.6 Å². The van der Waals surface area contributed by atoms with E-state index in [4.69, 9.17) is 11.6 Å². The zero-order valence-corrected chi connectivity index (χ0v) is 18.7. The number of carboxylic acids is 1. The molecule has 1 atom stereocenters. The molecule has 162 valence electrons. The summed E-state index contributed by atoms with van der Waals surface area (Å²) in [7, 11) is 0. The SMILES string of the molecule is CCCSc1ncc(C(=O)N[C@H](Cc2ccccc2)C(=O)O)n1Cc1ccccc1Cl. The maximum atomic E-state index is 13.1. The van der Waals surface area contributed by atoms with Crippen molar-refractivity contribution in [1.82, 2.24) is 14.9 Å². The molecule has 0 fully saturated rings. The summed E-state index contributed by atoms with van der Waals surface area (Å²) in [4.78, 5) is 29.2. The summed E-state index contributed by atoms with van der Waals surface area (Å²) in [6.07, 6.45) is 2.65. The van der Waals surface area contributed by atoms with Crippen LogP contribution in [-0.4, -0.2) is 38.3 Å². The lowest BCUT2D eigenvalue weighted by atomic mass is 10.1. The molecule has 0 unspecified atom stereocenters. The average Bonchev–Trinajstić information content (AvgIpc) is 3.16. The van der Waals surface area contributed by atoms with Crippen molar-refractivity contribution in [3.8, 4) is 0 Å². The number of nitrogens with zero attached hydrogens (tertiary/aromatic N) is 2. The second kappa shape index (κ2) is 11.0. The van der Waals surface area contributed by atoms with Gasteiger partial charge in [0.15, 0.2) is 5.16 Å².